The number of hydrogen-bond acceptors (Lipinski definition) is 3. The van der Waals surface area contributed by atoms with Gasteiger partial charge in [-0.15, -0.1) is 0 Å². The number of carbonyl (C=O) groups is 1. The summed E-state index contributed by atoms with van der Waals surface area (Å²) in [4.78, 5) is 11.5. The van der Waals surface area contributed by atoms with E-state index in [2.05, 4.69) is 4.72 Å². The lowest BCUT2D eigenvalue weighted by Crippen LogP contribution is -2.39. The van der Waals surface area contributed by atoms with E-state index in [1.165, 1.54) is 12.1 Å². The van der Waals surface area contributed by atoms with Crippen molar-refractivity contribution < 1.29 is 18.3 Å². The lowest BCUT2D eigenvalue weighted by molar-refractivity contribution is -0.136. The average molecular weight is 470 g/mol. The Labute approximate surface area is 193 Å². The van der Waals surface area contributed by atoms with E-state index >= 15 is 0 Å². The Morgan fingerprint density at radius 1 is 1.03 bits per heavy atom. The number of nitrogens with one attached hydrogen (secondary N) is 1. The first-order valence-corrected chi connectivity index (χ1v) is 12.4. The molecule has 0 saturated heterocycles. The molecule has 3 aromatic rings. The monoisotopic (exact) mass is 469 g/mol. The van der Waals surface area contributed by atoms with Crippen LogP contribution in [0, 0.1) is 0 Å². The molecule has 0 heterocycles. The van der Waals surface area contributed by atoms with Crippen LogP contribution in [0.1, 0.15) is 29.5 Å². The van der Waals surface area contributed by atoms with Crippen molar-refractivity contribution in [1.29, 1.82) is 0 Å². The van der Waals surface area contributed by atoms with Crippen molar-refractivity contribution >= 4 is 27.6 Å². The molecular formula is C25H24ClNO4S. The predicted molar refractivity (Wildman–Crippen MR) is 125 cm³/mol. The van der Waals surface area contributed by atoms with E-state index in [0.717, 1.165) is 27.8 Å². The zero-order chi connectivity index (χ0) is 22.7. The Morgan fingerprint density at radius 2 is 1.75 bits per heavy atom. The van der Waals surface area contributed by atoms with Crippen molar-refractivity contribution in [2.24, 2.45) is 0 Å². The molecular weight excluding hydrogens is 446 g/mol. The molecule has 7 heteroatoms. The molecule has 0 radical (unpaired) electrons. The van der Waals surface area contributed by atoms with Crippen LogP contribution < -0.4 is 4.72 Å². The van der Waals surface area contributed by atoms with Gasteiger partial charge < -0.3 is 5.11 Å². The summed E-state index contributed by atoms with van der Waals surface area (Å²) in [5.41, 5.74) is 5.37. The highest BCUT2D eigenvalue weighted by molar-refractivity contribution is 7.89. The Bertz CT molecular complexity index is 1220. The van der Waals surface area contributed by atoms with Crippen molar-refractivity contribution in [2.75, 3.05) is 0 Å². The third-order valence-electron chi connectivity index (χ3n) is 5.86. The van der Waals surface area contributed by atoms with E-state index in [-0.39, 0.29) is 17.4 Å². The zero-order valence-electron chi connectivity index (χ0n) is 17.4. The van der Waals surface area contributed by atoms with Gasteiger partial charge in [0.05, 0.1) is 4.90 Å². The maximum atomic E-state index is 12.8. The fourth-order valence-electron chi connectivity index (χ4n) is 4.34. The molecule has 0 aromatic heterocycles. The normalized spacial score (nSPS) is 15.8. The molecule has 0 fully saturated rings. The molecule has 1 aliphatic carbocycles. The number of fused-ring (bicyclic) bond motifs is 1. The first kappa shape index (κ1) is 22.5. The summed E-state index contributed by atoms with van der Waals surface area (Å²) in [7, 11) is -3.65. The Morgan fingerprint density at radius 3 is 2.44 bits per heavy atom. The van der Waals surface area contributed by atoms with Crippen LogP contribution in [0.5, 0.6) is 0 Å². The molecule has 166 valence electrons. The minimum atomic E-state index is -3.65. The topological polar surface area (TPSA) is 83.5 Å². The maximum absolute atomic E-state index is 12.8. The van der Waals surface area contributed by atoms with Gasteiger partial charge in [-0.25, -0.2) is 13.1 Å². The number of halogens is 1. The third kappa shape index (κ3) is 5.04. The minimum absolute atomic E-state index is 0.0584. The van der Waals surface area contributed by atoms with Gasteiger partial charge in [0.15, 0.2) is 0 Å². The summed E-state index contributed by atoms with van der Waals surface area (Å²) in [5.74, 6) is -0.828. The average Bonchev–Trinajstić information content (AvgIpc) is 2.77. The van der Waals surface area contributed by atoms with Crippen LogP contribution in [-0.2, 0) is 34.1 Å². The van der Waals surface area contributed by atoms with E-state index in [1.54, 1.807) is 12.1 Å². The Balaban J connectivity index is 1.61. The second-order valence-electron chi connectivity index (χ2n) is 8.00. The molecule has 2 N–H and O–H groups in total. The van der Waals surface area contributed by atoms with Gasteiger partial charge in [-0.2, -0.15) is 0 Å². The lowest BCUT2D eigenvalue weighted by Gasteiger charge is -2.28. The first-order valence-electron chi connectivity index (χ1n) is 10.5. The van der Waals surface area contributed by atoms with Gasteiger partial charge >= 0.3 is 5.97 Å². The SMILES string of the molecule is O=C(O)CCc1c(-c2ccccc2)ccc2c1CCC(NS(=O)(=O)c1ccc(Cl)cc1)C2. The highest BCUT2D eigenvalue weighted by atomic mass is 35.5. The second-order valence-corrected chi connectivity index (χ2v) is 10.2. The summed E-state index contributed by atoms with van der Waals surface area (Å²) >= 11 is 5.87. The molecule has 0 bridgehead atoms. The van der Waals surface area contributed by atoms with Gasteiger partial charge in [0.2, 0.25) is 10.0 Å². The highest BCUT2D eigenvalue weighted by Gasteiger charge is 2.27. The van der Waals surface area contributed by atoms with Crippen LogP contribution in [-0.4, -0.2) is 25.5 Å². The van der Waals surface area contributed by atoms with Gasteiger partial charge in [-0.05, 0) is 77.8 Å². The zero-order valence-corrected chi connectivity index (χ0v) is 19.0. The summed E-state index contributed by atoms with van der Waals surface area (Å²) in [6.45, 7) is 0. The van der Waals surface area contributed by atoms with Crippen molar-refractivity contribution in [3.63, 3.8) is 0 Å². The van der Waals surface area contributed by atoms with E-state index in [1.807, 2.05) is 42.5 Å². The molecule has 0 amide bonds. The van der Waals surface area contributed by atoms with Crippen LogP contribution in [0.3, 0.4) is 0 Å². The van der Waals surface area contributed by atoms with Gasteiger partial charge in [0.1, 0.15) is 0 Å². The van der Waals surface area contributed by atoms with Crippen LogP contribution in [0.15, 0.2) is 71.6 Å². The van der Waals surface area contributed by atoms with E-state index in [9.17, 15) is 18.3 Å². The van der Waals surface area contributed by atoms with Gasteiger partial charge in [-0.3, -0.25) is 4.79 Å². The summed E-state index contributed by atoms with van der Waals surface area (Å²) in [6.07, 6.45) is 2.42. The van der Waals surface area contributed by atoms with Gasteiger partial charge in [0, 0.05) is 17.5 Å². The van der Waals surface area contributed by atoms with Crippen LogP contribution in [0.4, 0.5) is 0 Å². The van der Waals surface area contributed by atoms with E-state index in [4.69, 9.17) is 11.6 Å². The Kier molecular flexibility index (Phi) is 6.65. The number of carboxylic acids is 1. The lowest BCUT2D eigenvalue weighted by atomic mass is 9.81. The number of benzene rings is 3. The first-order chi connectivity index (χ1) is 15.3. The second kappa shape index (κ2) is 9.45. The summed E-state index contributed by atoms with van der Waals surface area (Å²) in [6, 6.07) is 19.9. The molecule has 32 heavy (non-hydrogen) atoms. The number of aliphatic carboxylic acids is 1. The smallest absolute Gasteiger partial charge is 0.303 e. The number of carboxylic acid groups (broad SMARTS) is 1. The van der Waals surface area contributed by atoms with Crippen LogP contribution in [0.25, 0.3) is 11.1 Å². The van der Waals surface area contributed by atoms with E-state index in [0.29, 0.717) is 30.7 Å². The fraction of sp³-hybridized carbons (Fsp3) is 0.240. The predicted octanol–water partition coefficient (Wildman–Crippen LogP) is 4.86. The standard InChI is InChI=1S/C25H24ClNO4S/c26-19-7-10-21(11-8-19)32(30,31)27-20-9-13-23-18(16-20)6-12-22(17-4-2-1-3-5-17)24(23)14-15-25(28)29/h1-8,10-12,20,27H,9,13-16H2,(H,28,29). The molecule has 4 rings (SSSR count). The summed E-state index contributed by atoms with van der Waals surface area (Å²) < 4.78 is 28.4. The van der Waals surface area contributed by atoms with Gasteiger partial charge in [-0.1, -0.05) is 54.1 Å². The molecule has 0 aliphatic heterocycles. The molecule has 0 saturated carbocycles. The van der Waals surface area contributed by atoms with Gasteiger partial charge in [0.25, 0.3) is 0 Å². The number of hydrogen-bond donors (Lipinski definition) is 2. The maximum Gasteiger partial charge on any atom is 0.303 e. The number of sulfonamides is 1. The van der Waals surface area contributed by atoms with Crippen molar-refractivity contribution in [3.8, 4) is 11.1 Å². The highest BCUT2D eigenvalue weighted by Crippen LogP contribution is 2.34. The largest absolute Gasteiger partial charge is 0.481 e. The number of rotatable bonds is 7. The van der Waals surface area contributed by atoms with Crippen molar-refractivity contribution in [1.82, 2.24) is 4.72 Å². The van der Waals surface area contributed by atoms with Crippen molar-refractivity contribution in [2.45, 2.75) is 43.0 Å². The molecule has 1 aliphatic rings. The molecule has 5 nitrogen and oxygen atoms in total. The van der Waals surface area contributed by atoms with Crippen LogP contribution in [0.2, 0.25) is 5.02 Å². The Hall–Kier alpha value is -2.67. The third-order valence-corrected chi connectivity index (χ3v) is 7.65. The molecule has 3 aromatic carbocycles. The van der Waals surface area contributed by atoms with Crippen LogP contribution >= 0.6 is 11.6 Å². The minimum Gasteiger partial charge on any atom is -0.481 e. The molecule has 1 unspecified atom stereocenters. The van der Waals surface area contributed by atoms with Crippen molar-refractivity contribution in [3.05, 3.63) is 88.4 Å². The summed E-state index contributed by atoms with van der Waals surface area (Å²) in [5, 5.41) is 9.74. The molecule has 0 spiro atoms. The fourth-order valence-corrected chi connectivity index (χ4v) is 5.73. The quantitative estimate of drug-likeness (QED) is 0.517. The van der Waals surface area contributed by atoms with E-state index < -0.39 is 16.0 Å². The molecule has 1 atom stereocenters.